The molecule has 0 aromatic heterocycles. The second-order valence-corrected chi connectivity index (χ2v) is 5.86. The third kappa shape index (κ3) is 2.88. The van der Waals surface area contributed by atoms with Crippen molar-refractivity contribution in [2.24, 2.45) is 11.3 Å². The molecule has 2 saturated carbocycles. The van der Waals surface area contributed by atoms with Gasteiger partial charge in [0.2, 0.25) is 0 Å². The molecule has 2 unspecified atom stereocenters. The Morgan fingerprint density at radius 3 is 2.50 bits per heavy atom. The highest BCUT2D eigenvalue weighted by Crippen LogP contribution is 2.48. The molecule has 0 aromatic rings. The molecule has 2 bridgehead atoms. The third-order valence-electron chi connectivity index (χ3n) is 4.29. The SMILES string of the molecule is C=C1C(=O)C2(C=O)CC(=O)CC1C2.CN1CCOCC1. The van der Waals surface area contributed by atoms with E-state index in [1.807, 2.05) is 0 Å². The number of Topliss-reactive ketones (excluding diaryl/α,β-unsaturated/α-hetero) is 2. The minimum absolute atomic E-state index is 0.00958. The number of ketones is 2. The maximum absolute atomic E-state index is 11.6. The number of ether oxygens (including phenoxy) is 1. The highest BCUT2D eigenvalue weighted by molar-refractivity contribution is 6.14. The molecule has 1 heterocycles. The highest BCUT2D eigenvalue weighted by atomic mass is 16.5. The van der Waals surface area contributed by atoms with Crippen LogP contribution in [-0.2, 0) is 19.1 Å². The summed E-state index contributed by atoms with van der Waals surface area (Å²) in [6, 6.07) is 0. The molecule has 3 fully saturated rings. The lowest BCUT2D eigenvalue weighted by Crippen LogP contribution is -2.33. The van der Waals surface area contributed by atoms with Crippen molar-refractivity contribution in [1.29, 1.82) is 0 Å². The predicted molar refractivity (Wildman–Crippen MR) is 73.3 cm³/mol. The van der Waals surface area contributed by atoms with E-state index in [-0.39, 0.29) is 23.9 Å². The monoisotopic (exact) mass is 279 g/mol. The summed E-state index contributed by atoms with van der Waals surface area (Å²) in [4.78, 5) is 35.9. The molecular formula is C15H21NO4. The van der Waals surface area contributed by atoms with E-state index in [1.165, 1.54) is 0 Å². The number of morpholine rings is 1. The van der Waals surface area contributed by atoms with E-state index in [4.69, 9.17) is 4.74 Å². The summed E-state index contributed by atoms with van der Waals surface area (Å²) in [5, 5.41) is 0. The molecule has 5 heteroatoms. The van der Waals surface area contributed by atoms with Crippen molar-refractivity contribution < 1.29 is 19.1 Å². The van der Waals surface area contributed by atoms with Crippen molar-refractivity contribution >= 4 is 17.9 Å². The summed E-state index contributed by atoms with van der Waals surface area (Å²) in [5.74, 6) is -0.271. The maximum Gasteiger partial charge on any atom is 0.172 e. The molecule has 0 aromatic carbocycles. The largest absolute Gasteiger partial charge is 0.379 e. The van der Waals surface area contributed by atoms with Gasteiger partial charge < -0.3 is 14.4 Å². The van der Waals surface area contributed by atoms with Crippen LogP contribution in [0.3, 0.4) is 0 Å². The predicted octanol–water partition coefficient (Wildman–Crippen LogP) is 0.628. The van der Waals surface area contributed by atoms with Crippen LogP contribution in [0, 0.1) is 11.3 Å². The molecular weight excluding hydrogens is 258 g/mol. The quantitative estimate of drug-likeness (QED) is 0.400. The Balaban J connectivity index is 0.000000178. The minimum atomic E-state index is -1.03. The molecule has 0 N–H and O–H groups in total. The van der Waals surface area contributed by atoms with E-state index in [2.05, 4.69) is 18.5 Å². The second-order valence-electron chi connectivity index (χ2n) is 5.86. The molecule has 3 aliphatic rings. The van der Waals surface area contributed by atoms with Gasteiger partial charge in [-0.2, -0.15) is 0 Å². The Morgan fingerprint density at radius 2 is 2.00 bits per heavy atom. The first kappa shape index (κ1) is 15.1. The summed E-state index contributed by atoms with van der Waals surface area (Å²) in [6.45, 7) is 7.67. The van der Waals surface area contributed by atoms with Gasteiger partial charge in [0.05, 0.1) is 18.6 Å². The van der Waals surface area contributed by atoms with Crippen LogP contribution >= 0.6 is 0 Å². The summed E-state index contributed by atoms with van der Waals surface area (Å²) < 4.78 is 5.10. The summed E-state index contributed by atoms with van der Waals surface area (Å²) in [5.41, 5.74) is -0.560. The Labute approximate surface area is 119 Å². The van der Waals surface area contributed by atoms with Crippen LogP contribution in [0.2, 0.25) is 0 Å². The molecule has 2 atom stereocenters. The Kier molecular flexibility index (Phi) is 4.50. The van der Waals surface area contributed by atoms with Gasteiger partial charge >= 0.3 is 0 Å². The van der Waals surface area contributed by atoms with Crippen LogP contribution < -0.4 is 0 Å². The number of likely N-dealkylation sites (N-methyl/N-ethyl adjacent to an activating group) is 1. The summed E-state index contributed by atoms with van der Waals surface area (Å²) >= 11 is 0. The van der Waals surface area contributed by atoms with Gasteiger partial charge in [-0.25, -0.2) is 0 Å². The number of hydrogen-bond acceptors (Lipinski definition) is 5. The molecule has 20 heavy (non-hydrogen) atoms. The zero-order valence-electron chi connectivity index (χ0n) is 11.9. The lowest BCUT2D eigenvalue weighted by molar-refractivity contribution is -0.137. The van der Waals surface area contributed by atoms with E-state index in [0.29, 0.717) is 24.7 Å². The van der Waals surface area contributed by atoms with Gasteiger partial charge in [-0.05, 0) is 25.0 Å². The Bertz CT molecular complexity index is 439. The number of carbonyl (C=O) groups is 3. The van der Waals surface area contributed by atoms with Crippen molar-refractivity contribution in [2.45, 2.75) is 19.3 Å². The van der Waals surface area contributed by atoms with Crippen molar-refractivity contribution in [3.8, 4) is 0 Å². The number of fused-ring (bicyclic) bond motifs is 2. The lowest BCUT2D eigenvalue weighted by atomic mass is 9.76. The highest BCUT2D eigenvalue weighted by Gasteiger charge is 2.53. The molecule has 0 spiro atoms. The van der Waals surface area contributed by atoms with Gasteiger partial charge in [-0.1, -0.05) is 6.58 Å². The lowest BCUT2D eigenvalue weighted by Gasteiger charge is -2.23. The summed E-state index contributed by atoms with van der Waals surface area (Å²) in [6.07, 6.45) is 1.61. The molecule has 1 aliphatic heterocycles. The number of aldehydes is 1. The van der Waals surface area contributed by atoms with E-state index in [1.54, 1.807) is 0 Å². The van der Waals surface area contributed by atoms with E-state index in [0.717, 1.165) is 26.3 Å². The fourth-order valence-electron chi connectivity index (χ4n) is 3.01. The van der Waals surface area contributed by atoms with E-state index in [9.17, 15) is 14.4 Å². The number of hydrogen-bond donors (Lipinski definition) is 0. The maximum atomic E-state index is 11.6. The van der Waals surface area contributed by atoms with Crippen LogP contribution in [0.4, 0.5) is 0 Å². The first-order valence-corrected chi connectivity index (χ1v) is 6.96. The third-order valence-corrected chi connectivity index (χ3v) is 4.29. The first-order valence-electron chi connectivity index (χ1n) is 6.96. The zero-order chi connectivity index (χ0) is 14.8. The number of allylic oxidation sites excluding steroid dienone is 1. The van der Waals surface area contributed by atoms with Crippen molar-refractivity contribution in [3.05, 3.63) is 12.2 Å². The number of nitrogens with zero attached hydrogens (tertiary/aromatic N) is 1. The Hall–Kier alpha value is -1.33. The van der Waals surface area contributed by atoms with Crippen molar-refractivity contribution in [1.82, 2.24) is 4.90 Å². The molecule has 0 radical (unpaired) electrons. The van der Waals surface area contributed by atoms with Gasteiger partial charge in [-0.3, -0.25) is 9.59 Å². The summed E-state index contributed by atoms with van der Waals surface area (Å²) in [7, 11) is 2.11. The Morgan fingerprint density at radius 1 is 1.35 bits per heavy atom. The van der Waals surface area contributed by atoms with Gasteiger partial charge in [0.15, 0.2) is 5.78 Å². The molecule has 2 aliphatic carbocycles. The van der Waals surface area contributed by atoms with E-state index >= 15 is 0 Å². The molecule has 3 rings (SSSR count). The average Bonchev–Trinajstić information content (AvgIpc) is 2.62. The second kappa shape index (κ2) is 5.97. The van der Waals surface area contributed by atoms with Crippen LogP contribution in [0.15, 0.2) is 12.2 Å². The fraction of sp³-hybridized carbons (Fsp3) is 0.667. The van der Waals surface area contributed by atoms with Gasteiger partial charge in [-0.15, -0.1) is 0 Å². The van der Waals surface area contributed by atoms with Crippen LogP contribution in [0.1, 0.15) is 19.3 Å². The molecule has 110 valence electrons. The van der Waals surface area contributed by atoms with Gasteiger partial charge in [0.25, 0.3) is 0 Å². The smallest absolute Gasteiger partial charge is 0.172 e. The number of carbonyl (C=O) groups excluding carboxylic acids is 3. The average molecular weight is 279 g/mol. The minimum Gasteiger partial charge on any atom is -0.379 e. The standard InChI is InChI=1S/C10H10O3.C5H11NO/c1-6-7-2-8(12)4-10(3-7,5-11)9(6)13;1-6-2-4-7-5-3-6/h5,7H,1-4H2;2-5H2,1H3. The van der Waals surface area contributed by atoms with Crippen LogP contribution in [0.5, 0.6) is 0 Å². The van der Waals surface area contributed by atoms with Gasteiger partial charge in [0, 0.05) is 25.9 Å². The zero-order valence-corrected chi connectivity index (χ0v) is 11.9. The first-order chi connectivity index (χ1) is 9.48. The normalized spacial score (nSPS) is 33.6. The fourth-order valence-corrected chi connectivity index (χ4v) is 3.01. The van der Waals surface area contributed by atoms with Crippen molar-refractivity contribution in [3.63, 3.8) is 0 Å². The topological polar surface area (TPSA) is 63.7 Å². The van der Waals surface area contributed by atoms with E-state index < -0.39 is 5.41 Å². The van der Waals surface area contributed by atoms with Gasteiger partial charge in [0.1, 0.15) is 12.1 Å². The molecule has 5 nitrogen and oxygen atoms in total. The molecule has 0 amide bonds. The van der Waals surface area contributed by atoms with Crippen molar-refractivity contribution in [2.75, 3.05) is 33.4 Å². The number of rotatable bonds is 1. The van der Waals surface area contributed by atoms with Crippen LogP contribution in [-0.4, -0.2) is 56.1 Å². The van der Waals surface area contributed by atoms with Crippen LogP contribution in [0.25, 0.3) is 0 Å². The molecule has 1 saturated heterocycles.